The van der Waals surface area contributed by atoms with Crippen molar-refractivity contribution < 1.29 is 14.4 Å². The Labute approximate surface area is 142 Å². The standard InChI is InChI=1S/C18H14FN3O3/c19-13-5-3-12(4-6-13)18(23)10-21(11-18)16-8-7-15-14(2-1-9-20-15)17(16)22(24)25/h1-9,23H,10-11H2. The van der Waals surface area contributed by atoms with Crippen LogP contribution in [0.15, 0.2) is 54.7 Å². The van der Waals surface area contributed by atoms with Gasteiger partial charge in [-0.1, -0.05) is 12.1 Å². The second-order valence-electron chi connectivity index (χ2n) is 6.16. The van der Waals surface area contributed by atoms with Gasteiger partial charge in [-0.05, 0) is 42.0 Å². The highest BCUT2D eigenvalue weighted by Crippen LogP contribution is 2.42. The zero-order valence-corrected chi connectivity index (χ0v) is 13.1. The number of nitro groups is 1. The molecule has 25 heavy (non-hydrogen) atoms. The third kappa shape index (κ3) is 2.49. The molecular formula is C18H14FN3O3. The highest BCUT2D eigenvalue weighted by atomic mass is 19.1. The number of aromatic nitrogens is 1. The molecule has 126 valence electrons. The van der Waals surface area contributed by atoms with Crippen molar-refractivity contribution in [3.05, 3.63) is 76.2 Å². The molecule has 0 aliphatic carbocycles. The minimum absolute atomic E-state index is 0.0215. The Morgan fingerprint density at radius 3 is 2.56 bits per heavy atom. The van der Waals surface area contributed by atoms with Gasteiger partial charge in [0.15, 0.2) is 0 Å². The molecule has 3 aromatic rings. The van der Waals surface area contributed by atoms with Gasteiger partial charge in [0.25, 0.3) is 0 Å². The van der Waals surface area contributed by atoms with E-state index < -0.39 is 10.5 Å². The summed E-state index contributed by atoms with van der Waals surface area (Å²) in [6.45, 7) is 0.399. The van der Waals surface area contributed by atoms with Gasteiger partial charge in [0.05, 0.1) is 28.9 Å². The summed E-state index contributed by atoms with van der Waals surface area (Å²) < 4.78 is 13.1. The van der Waals surface area contributed by atoms with Gasteiger partial charge in [-0.15, -0.1) is 0 Å². The summed E-state index contributed by atoms with van der Waals surface area (Å²) in [6.07, 6.45) is 1.59. The Hall–Kier alpha value is -3.06. The summed E-state index contributed by atoms with van der Waals surface area (Å²) in [5.74, 6) is -0.374. The van der Waals surface area contributed by atoms with Gasteiger partial charge in [0, 0.05) is 6.20 Å². The molecule has 0 radical (unpaired) electrons. The summed E-state index contributed by atoms with van der Waals surface area (Å²) in [6, 6.07) is 12.3. The maximum Gasteiger partial charge on any atom is 0.301 e. The van der Waals surface area contributed by atoms with Crippen LogP contribution in [-0.4, -0.2) is 28.1 Å². The molecule has 0 unspecified atom stereocenters. The lowest BCUT2D eigenvalue weighted by molar-refractivity contribution is -0.382. The SMILES string of the molecule is O=[N+]([O-])c1c(N2CC(O)(c3ccc(F)cc3)C2)ccc2ncccc12. The van der Waals surface area contributed by atoms with E-state index in [1.165, 1.54) is 24.3 Å². The van der Waals surface area contributed by atoms with Crippen LogP contribution in [0.4, 0.5) is 15.8 Å². The average molecular weight is 339 g/mol. The molecule has 2 heterocycles. The van der Waals surface area contributed by atoms with Gasteiger partial charge in [-0.2, -0.15) is 0 Å². The van der Waals surface area contributed by atoms with Crippen LogP contribution in [0.5, 0.6) is 0 Å². The normalized spacial score (nSPS) is 15.8. The van der Waals surface area contributed by atoms with Crippen LogP contribution in [-0.2, 0) is 5.60 Å². The Morgan fingerprint density at radius 2 is 1.88 bits per heavy atom. The molecule has 1 saturated heterocycles. The molecule has 4 rings (SSSR count). The first-order valence-corrected chi connectivity index (χ1v) is 7.73. The fourth-order valence-corrected chi connectivity index (χ4v) is 3.27. The first kappa shape index (κ1) is 15.5. The molecule has 6 nitrogen and oxygen atoms in total. The number of nitro benzene ring substituents is 1. The van der Waals surface area contributed by atoms with Crippen LogP contribution in [0.25, 0.3) is 10.9 Å². The van der Waals surface area contributed by atoms with Crippen molar-refractivity contribution in [3.8, 4) is 0 Å². The maximum absolute atomic E-state index is 13.1. The van der Waals surface area contributed by atoms with E-state index in [1.54, 1.807) is 35.4 Å². The van der Waals surface area contributed by atoms with E-state index in [2.05, 4.69) is 4.98 Å². The predicted molar refractivity (Wildman–Crippen MR) is 90.9 cm³/mol. The van der Waals surface area contributed by atoms with E-state index in [4.69, 9.17) is 0 Å². The van der Waals surface area contributed by atoms with E-state index in [9.17, 15) is 19.6 Å². The molecule has 0 amide bonds. The van der Waals surface area contributed by atoms with Crippen molar-refractivity contribution in [2.75, 3.05) is 18.0 Å². The first-order valence-electron chi connectivity index (χ1n) is 7.73. The largest absolute Gasteiger partial charge is 0.381 e. The molecule has 1 fully saturated rings. The number of nitrogens with zero attached hydrogens (tertiary/aromatic N) is 3. The van der Waals surface area contributed by atoms with Crippen molar-refractivity contribution in [1.82, 2.24) is 4.98 Å². The highest BCUT2D eigenvalue weighted by molar-refractivity contribution is 5.94. The number of halogens is 1. The summed E-state index contributed by atoms with van der Waals surface area (Å²) in [5.41, 5.74) is 0.414. The monoisotopic (exact) mass is 339 g/mol. The molecule has 2 aromatic carbocycles. The molecule has 1 aromatic heterocycles. The number of fused-ring (bicyclic) bond motifs is 1. The fourth-order valence-electron chi connectivity index (χ4n) is 3.27. The lowest BCUT2D eigenvalue weighted by Gasteiger charge is -2.47. The van der Waals surface area contributed by atoms with Crippen molar-refractivity contribution >= 4 is 22.3 Å². The lowest BCUT2D eigenvalue weighted by atomic mass is 9.85. The lowest BCUT2D eigenvalue weighted by Crippen LogP contribution is -2.59. The number of benzene rings is 2. The number of anilines is 1. The quantitative estimate of drug-likeness (QED) is 0.586. The van der Waals surface area contributed by atoms with Crippen molar-refractivity contribution in [1.29, 1.82) is 0 Å². The van der Waals surface area contributed by atoms with E-state index in [0.29, 0.717) is 22.2 Å². The molecule has 1 aliphatic rings. The van der Waals surface area contributed by atoms with E-state index in [0.717, 1.165) is 0 Å². The molecule has 0 bridgehead atoms. The van der Waals surface area contributed by atoms with Crippen LogP contribution in [0.3, 0.4) is 0 Å². The summed E-state index contributed by atoms with van der Waals surface area (Å²) in [5, 5.41) is 22.8. The zero-order chi connectivity index (χ0) is 17.6. The number of hydrogen-bond acceptors (Lipinski definition) is 5. The fraction of sp³-hybridized carbons (Fsp3) is 0.167. The van der Waals surface area contributed by atoms with Gasteiger partial charge < -0.3 is 10.0 Å². The van der Waals surface area contributed by atoms with Crippen molar-refractivity contribution in [2.45, 2.75) is 5.60 Å². The first-order chi connectivity index (χ1) is 12.0. The Bertz CT molecular complexity index is 969. The Balaban J connectivity index is 1.69. The smallest absolute Gasteiger partial charge is 0.301 e. The van der Waals surface area contributed by atoms with Crippen LogP contribution >= 0.6 is 0 Å². The van der Waals surface area contributed by atoms with Crippen LogP contribution in [0, 0.1) is 15.9 Å². The molecule has 1 N–H and O–H groups in total. The van der Waals surface area contributed by atoms with Crippen LogP contribution < -0.4 is 4.90 Å². The van der Waals surface area contributed by atoms with Gasteiger partial charge in [-0.3, -0.25) is 15.1 Å². The van der Waals surface area contributed by atoms with E-state index in [-0.39, 0.29) is 24.6 Å². The number of hydrogen-bond donors (Lipinski definition) is 1. The number of rotatable bonds is 3. The highest BCUT2D eigenvalue weighted by Gasteiger charge is 2.44. The summed E-state index contributed by atoms with van der Waals surface area (Å²) >= 11 is 0. The van der Waals surface area contributed by atoms with Crippen molar-refractivity contribution in [3.63, 3.8) is 0 Å². The average Bonchev–Trinajstić information content (AvgIpc) is 2.58. The summed E-state index contributed by atoms with van der Waals surface area (Å²) in [7, 11) is 0. The van der Waals surface area contributed by atoms with E-state index >= 15 is 0 Å². The predicted octanol–water partition coefficient (Wildman–Crippen LogP) is 2.99. The number of β-amino-alcohol motifs (C(OH)–C–C–N with tert-alkyl or cyclic N) is 1. The molecule has 0 saturated carbocycles. The minimum Gasteiger partial charge on any atom is -0.381 e. The summed E-state index contributed by atoms with van der Waals surface area (Å²) in [4.78, 5) is 17.1. The third-order valence-electron chi connectivity index (χ3n) is 4.55. The van der Waals surface area contributed by atoms with Gasteiger partial charge in [-0.25, -0.2) is 4.39 Å². The molecule has 0 atom stereocenters. The van der Waals surface area contributed by atoms with Crippen LogP contribution in [0.2, 0.25) is 0 Å². The zero-order valence-electron chi connectivity index (χ0n) is 13.1. The molecule has 0 spiro atoms. The van der Waals surface area contributed by atoms with Gasteiger partial charge >= 0.3 is 5.69 Å². The molecular weight excluding hydrogens is 325 g/mol. The Morgan fingerprint density at radius 1 is 1.16 bits per heavy atom. The number of aliphatic hydroxyl groups is 1. The molecule has 7 heteroatoms. The van der Waals surface area contributed by atoms with Gasteiger partial charge in [0.2, 0.25) is 0 Å². The third-order valence-corrected chi connectivity index (χ3v) is 4.55. The van der Waals surface area contributed by atoms with E-state index in [1.807, 2.05) is 0 Å². The maximum atomic E-state index is 13.1. The van der Waals surface area contributed by atoms with Crippen LogP contribution in [0.1, 0.15) is 5.56 Å². The minimum atomic E-state index is -1.15. The second kappa shape index (κ2) is 5.49. The topological polar surface area (TPSA) is 79.5 Å². The molecule has 1 aliphatic heterocycles. The number of pyridine rings is 1. The van der Waals surface area contributed by atoms with Crippen molar-refractivity contribution in [2.24, 2.45) is 0 Å². The second-order valence-corrected chi connectivity index (χ2v) is 6.16. The van der Waals surface area contributed by atoms with Gasteiger partial charge in [0.1, 0.15) is 17.1 Å². The Kier molecular flexibility index (Phi) is 3.40.